The standard InChI is InChI=1S/C19H20N4O3S/c1-4-9-23-17(24)15(13(3)20-18(23)25)10-16-21-22-19(26-16)27-11-14-7-5-12(2)6-8-14/h4-8H,1,9-11H2,2-3H3,(H,20,25). The minimum absolute atomic E-state index is 0.142. The number of nitrogens with zero attached hydrogens (tertiary/aromatic N) is 3. The van der Waals surface area contributed by atoms with E-state index >= 15 is 0 Å². The zero-order chi connectivity index (χ0) is 19.4. The van der Waals surface area contributed by atoms with Gasteiger partial charge in [0.15, 0.2) is 0 Å². The van der Waals surface area contributed by atoms with Crippen LogP contribution in [0.2, 0.25) is 0 Å². The van der Waals surface area contributed by atoms with Crippen LogP contribution >= 0.6 is 11.8 Å². The van der Waals surface area contributed by atoms with Crippen molar-refractivity contribution in [3.05, 3.63) is 86.0 Å². The molecule has 0 radical (unpaired) electrons. The monoisotopic (exact) mass is 384 g/mol. The van der Waals surface area contributed by atoms with Crippen molar-refractivity contribution < 1.29 is 4.42 Å². The molecule has 0 fully saturated rings. The van der Waals surface area contributed by atoms with Crippen molar-refractivity contribution >= 4 is 11.8 Å². The van der Waals surface area contributed by atoms with Crippen molar-refractivity contribution in [2.45, 2.75) is 37.8 Å². The summed E-state index contributed by atoms with van der Waals surface area (Å²) < 4.78 is 6.75. The Morgan fingerprint density at radius 2 is 1.96 bits per heavy atom. The third-order valence-corrected chi connectivity index (χ3v) is 4.96. The second-order valence-electron chi connectivity index (χ2n) is 6.15. The number of nitrogens with one attached hydrogen (secondary N) is 1. The first-order valence-corrected chi connectivity index (χ1v) is 9.40. The first-order valence-electron chi connectivity index (χ1n) is 8.42. The highest BCUT2D eigenvalue weighted by Crippen LogP contribution is 2.22. The number of benzene rings is 1. The van der Waals surface area contributed by atoms with Gasteiger partial charge in [-0.3, -0.25) is 9.36 Å². The number of aryl methyl sites for hydroxylation is 2. The van der Waals surface area contributed by atoms with E-state index in [-0.39, 0.29) is 18.5 Å². The van der Waals surface area contributed by atoms with E-state index in [4.69, 9.17) is 4.42 Å². The van der Waals surface area contributed by atoms with Gasteiger partial charge in [0, 0.05) is 23.6 Å². The molecule has 0 saturated carbocycles. The van der Waals surface area contributed by atoms with E-state index in [1.165, 1.54) is 23.4 Å². The molecule has 0 aliphatic carbocycles. The van der Waals surface area contributed by atoms with Crippen molar-refractivity contribution in [3.8, 4) is 0 Å². The Kier molecular flexibility index (Phi) is 5.75. The van der Waals surface area contributed by atoms with Gasteiger partial charge in [0.25, 0.3) is 10.8 Å². The van der Waals surface area contributed by atoms with Gasteiger partial charge in [0.1, 0.15) is 0 Å². The predicted molar refractivity (Wildman–Crippen MR) is 104 cm³/mol. The Morgan fingerprint density at radius 1 is 1.22 bits per heavy atom. The van der Waals surface area contributed by atoms with Crippen molar-refractivity contribution in [1.29, 1.82) is 0 Å². The number of thioether (sulfide) groups is 1. The maximum Gasteiger partial charge on any atom is 0.328 e. The van der Waals surface area contributed by atoms with Gasteiger partial charge < -0.3 is 9.40 Å². The van der Waals surface area contributed by atoms with Crippen molar-refractivity contribution in [2.75, 3.05) is 0 Å². The summed E-state index contributed by atoms with van der Waals surface area (Å²) in [5, 5.41) is 8.49. The van der Waals surface area contributed by atoms with E-state index in [1.807, 2.05) is 6.92 Å². The maximum atomic E-state index is 12.6. The molecule has 0 spiro atoms. The number of hydrogen-bond donors (Lipinski definition) is 1. The van der Waals surface area contributed by atoms with E-state index in [9.17, 15) is 9.59 Å². The summed E-state index contributed by atoms with van der Waals surface area (Å²) in [4.78, 5) is 27.1. The predicted octanol–water partition coefficient (Wildman–Crippen LogP) is 2.61. The van der Waals surface area contributed by atoms with Gasteiger partial charge >= 0.3 is 5.69 Å². The lowest BCUT2D eigenvalue weighted by atomic mass is 10.1. The van der Waals surface area contributed by atoms with Crippen LogP contribution in [0, 0.1) is 13.8 Å². The molecule has 8 heteroatoms. The molecule has 0 aliphatic heterocycles. The molecule has 7 nitrogen and oxygen atoms in total. The van der Waals surface area contributed by atoms with E-state index in [2.05, 4.69) is 46.0 Å². The molecular formula is C19H20N4O3S. The quantitative estimate of drug-likeness (QED) is 0.497. The summed E-state index contributed by atoms with van der Waals surface area (Å²) in [6.07, 6.45) is 1.67. The third kappa shape index (κ3) is 4.46. The smallest absolute Gasteiger partial charge is 0.328 e. The molecule has 3 rings (SSSR count). The minimum atomic E-state index is -0.457. The Hall–Kier alpha value is -2.87. The fraction of sp³-hybridized carbons (Fsp3) is 0.263. The highest BCUT2D eigenvalue weighted by molar-refractivity contribution is 7.98. The molecule has 1 aromatic carbocycles. The number of H-pyrrole nitrogens is 1. The van der Waals surface area contributed by atoms with Gasteiger partial charge in [-0.1, -0.05) is 47.7 Å². The Morgan fingerprint density at radius 3 is 2.67 bits per heavy atom. The molecule has 0 amide bonds. The van der Waals surface area contributed by atoms with Crippen LogP contribution in [0.25, 0.3) is 0 Å². The average molecular weight is 384 g/mol. The molecule has 0 unspecified atom stereocenters. The van der Waals surface area contributed by atoms with Gasteiger partial charge in [0.05, 0.1) is 6.42 Å². The molecular weight excluding hydrogens is 364 g/mol. The summed E-state index contributed by atoms with van der Waals surface area (Å²) in [7, 11) is 0. The Balaban J connectivity index is 1.75. The lowest BCUT2D eigenvalue weighted by Gasteiger charge is -2.06. The van der Waals surface area contributed by atoms with Crippen LogP contribution in [0.4, 0.5) is 0 Å². The average Bonchev–Trinajstić information content (AvgIpc) is 3.09. The van der Waals surface area contributed by atoms with Crippen LogP contribution in [0.1, 0.15) is 28.3 Å². The molecule has 0 saturated heterocycles. The molecule has 2 aromatic heterocycles. The largest absolute Gasteiger partial charge is 0.416 e. The summed E-state index contributed by atoms with van der Waals surface area (Å²) in [6.45, 7) is 7.44. The first-order chi connectivity index (χ1) is 13.0. The summed E-state index contributed by atoms with van der Waals surface area (Å²) in [5.74, 6) is 1.05. The number of aromatic nitrogens is 4. The molecule has 27 heavy (non-hydrogen) atoms. The minimum Gasteiger partial charge on any atom is -0.416 e. The van der Waals surface area contributed by atoms with Gasteiger partial charge in [0.2, 0.25) is 5.89 Å². The zero-order valence-electron chi connectivity index (χ0n) is 15.2. The molecule has 1 N–H and O–H groups in total. The molecule has 2 heterocycles. The highest BCUT2D eigenvalue weighted by Gasteiger charge is 2.15. The van der Waals surface area contributed by atoms with Crippen LogP contribution in [-0.4, -0.2) is 19.7 Å². The second kappa shape index (κ2) is 8.22. The fourth-order valence-electron chi connectivity index (χ4n) is 2.57. The van der Waals surface area contributed by atoms with E-state index < -0.39 is 5.69 Å². The molecule has 3 aromatic rings. The summed E-state index contributed by atoms with van der Waals surface area (Å²) in [5.41, 5.74) is 2.47. The van der Waals surface area contributed by atoms with E-state index in [0.717, 1.165) is 10.1 Å². The number of aromatic amines is 1. The van der Waals surface area contributed by atoms with Gasteiger partial charge in [-0.05, 0) is 19.4 Å². The van der Waals surface area contributed by atoms with E-state index in [0.29, 0.717) is 28.1 Å². The van der Waals surface area contributed by atoms with Crippen molar-refractivity contribution in [1.82, 2.24) is 19.7 Å². The number of allylic oxidation sites excluding steroid dienone is 1. The van der Waals surface area contributed by atoms with Crippen LogP contribution in [0.3, 0.4) is 0 Å². The van der Waals surface area contributed by atoms with Crippen molar-refractivity contribution in [3.63, 3.8) is 0 Å². The normalized spacial score (nSPS) is 10.9. The van der Waals surface area contributed by atoms with Crippen LogP contribution < -0.4 is 11.2 Å². The lowest BCUT2D eigenvalue weighted by Crippen LogP contribution is -2.37. The topological polar surface area (TPSA) is 93.8 Å². The van der Waals surface area contributed by atoms with Gasteiger partial charge in [-0.2, -0.15) is 0 Å². The maximum absolute atomic E-state index is 12.6. The third-order valence-electron chi connectivity index (χ3n) is 4.07. The number of hydrogen-bond acceptors (Lipinski definition) is 6. The first kappa shape index (κ1) is 18.9. The zero-order valence-corrected chi connectivity index (χ0v) is 16.0. The highest BCUT2D eigenvalue weighted by atomic mass is 32.2. The Labute approximate surface area is 160 Å². The van der Waals surface area contributed by atoms with Crippen molar-refractivity contribution in [2.24, 2.45) is 0 Å². The van der Waals surface area contributed by atoms with Gasteiger partial charge in [-0.15, -0.1) is 16.8 Å². The fourth-order valence-corrected chi connectivity index (χ4v) is 3.31. The van der Waals surface area contributed by atoms with Gasteiger partial charge in [-0.25, -0.2) is 4.79 Å². The second-order valence-corrected chi connectivity index (χ2v) is 7.08. The molecule has 0 bridgehead atoms. The summed E-state index contributed by atoms with van der Waals surface area (Å²) in [6, 6.07) is 8.24. The number of rotatable bonds is 7. The van der Waals surface area contributed by atoms with Crippen LogP contribution in [-0.2, 0) is 18.7 Å². The SMILES string of the molecule is C=CCn1c(=O)[nH]c(C)c(Cc2nnc(SCc3ccc(C)cc3)o2)c1=O. The van der Waals surface area contributed by atoms with Crippen LogP contribution in [0.15, 0.2) is 56.1 Å². The van der Waals surface area contributed by atoms with Crippen LogP contribution in [0.5, 0.6) is 0 Å². The Bertz CT molecular complexity index is 1060. The molecule has 0 atom stereocenters. The lowest BCUT2D eigenvalue weighted by molar-refractivity contribution is 0.419. The molecule has 140 valence electrons. The summed E-state index contributed by atoms with van der Waals surface area (Å²) >= 11 is 1.44. The van der Waals surface area contributed by atoms with E-state index in [1.54, 1.807) is 6.92 Å². The molecule has 0 aliphatic rings.